The molecule has 0 amide bonds. The maximum absolute atomic E-state index is 14.6. The van der Waals surface area contributed by atoms with Crippen LogP contribution in [0.25, 0.3) is 85.5 Å². The third-order valence-electron chi connectivity index (χ3n) is 9.49. The molecule has 1 aromatic heterocycles. The van der Waals surface area contributed by atoms with E-state index in [-0.39, 0.29) is 21.5 Å². The Balaban J connectivity index is 1.34. The minimum atomic E-state index is -4.55. The zero-order valence-electron chi connectivity index (χ0n) is 25.4. The van der Waals surface area contributed by atoms with Gasteiger partial charge in [-0.3, -0.25) is 0 Å². The molecule has 0 radical (unpaired) electrons. The fourth-order valence-corrected chi connectivity index (χ4v) is 8.88. The largest absolute Gasteiger partial charge is 0.417 e. The lowest BCUT2D eigenvalue weighted by atomic mass is 9.87. The highest BCUT2D eigenvalue weighted by molar-refractivity contribution is 7.26. The van der Waals surface area contributed by atoms with Crippen molar-refractivity contribution in [1.82, 2.24) is 0 Å². The highest BCUT2D eigenvalue weighted by Gasteiger charge is 2.37. The number of fused-ring (bicyclic) bond motifs is 7. The SMILES string of the molecule is FC(F)(F)c1c2ccccc2c(-c2ccc3c(c2)sc2c(-c4c5ccccc5c(C(F)(F)F)c5ccccc45)cccc23)c2ccccc12. The van der Waals surface area contributed by atoms with E-state index in [0.717, 1.165) is 42.4 Å². The predicted molar refractivity (Wildman–Crippen MR) is 190 cm³/mol. The Morgan fingerprint density at radius 2 is 0.776 bits per heavy atom. The average molecular weight is 673 g/mol. The van der Waals surface area contributed by atoms with Gasteiger partial charge < -0.3 is 0 Å². The van der Waals surface area contributed by atoms with E-state index in [0.29, 0.717) is 21.5 Å². The Labute approximate surface area is 279 Å². The Bertz CT molecular complexity index is 2690. The van der Waals surface area contributed by atoms with Gasteiger partial charge in [-0.15, -0.1) is 11.3 Å². The Kier molecular flexibility index (Phi) is 6.40. The molecule has 8 aromatic carbocycles. The zero-order chi connectivity index (χ0) is 33.7. The maximum Gasteiger partial charge on any atom is 0.417 e. The highest BCUT2D eigenvalue weighted by Crippen LogP contribution is 2.50. The van der Waals surface area contributed by atoms with Crippen LogP contribution in [0.5, 0.6) is 0 Å². The second kappa shape index (κ2) is 10.5. The lowest BCUT2D eigenvalue weighted by molar-refractivity contribution is -0.135. The number of alkyl halides is 6. The van der Waals surface area contributed by atoms with E-state index in [1.54, 1.807) is 72.8 Å². The molecule has 0 saturated heterocycles. The van der Waals surface area contributed by atoms with Crippen LogP contribution in [-0.2, 0) is 12.4 Å². The van der Waals surface area contributed by atoms with Crippen LogP contribution in [0.2, 0.25) is 0 Å². The van der Waals surface area contributed by atoms with Gasteiger partial charge in [0.25, 0.3) is 0 Å². The van der Waals surface area contributed by atoms with Crippen molar-refractivity contribution in [2.24, 2.45) is 0 Å². The first-order valence-corrected chi connectivity index (χ1v) is 16.4. The van der Waals surface area contributed by atoms with Crippen LogP contribution in [0.4, 0.5) is 26.3 Å². The van der Waals surface area contributed by atoms with Crippen LogP contribution in [0.3, 0.4) is 0 Å². The molecule has 0 spiro atoms. The van der Waals surface area contributed by atoms with Crippen molar-refractivity contribution >= 4 is 74.6 Å². The fourth-order valence-electron chi connectivity index (χ4n) is 7.62. The molecule has 0 saturated carbocycles. The van der Waals surface area contributed by atoms with Crippen molar-refractivity contribution in [2.75, 3.05) is 0 Å². The fraction of sp³-hybridized carbons (Fsp3) is 0.0476. The number of thiophene rings is 1. The van der Waals surface area contributed by atoms with Crippen molar-refractivity contribution in [2.45, 2.75) is 12.4 Å². The van der Waals surface area contributed by atoms with E-state index in [4.69, 9.17) is 0 Å². The van der Waals surface area contributed by atoms with Crippen LogP contribution in [0.1, 0.15) is 11.1 Å². The maximum atomic E-state index is 14.6. The van der Waals surface area contributed by atoms with Gasteiger partial charge in [-0.25, -0.2) is 0 Å². The van der Waals surface area contributed by atoms with Crippen molar-refractivity contribution in [3.05, 3.63) is 145 Å². The molecule has 9 rings (SSSR count). The summed E-state index contributed by atoms with van der Waals surface area (Å²) in [6, 6.07) is 38.5. The summed E-state index contributed by atoms with van der Waals surface area (Å²) in [7, 11) is 0. The Morgan fingerprint density at radius 1 is 0.367 bits per heavy atom. The molecule has 0 atom stereocenters. The molecule has 0 aliphatic carbocycles. The standard InChI is InChI=1S/C42H22F6S/c43-41(44,45)38-29-14-5-1-10-25(29)36(26-11-2-6-15-30(26)38)23-20-21-24-33-18-9-19-34(40(33)49-35(24)22-23)37-27-12-3-7-16-31(27)39(42(46,47)48)32-17-8-4-13-28(32)37/h1-22H. The normalized spacial score (nSPS) is 12.7. The summed E-state index contributed by atoms with van der Waals surface area (Å²) < 4.78 is 89.1. The minimum absolute atomic E-state index is 0.142. The molecule has 238 valence electrons. The lowest BCUT2D eigenvalue weighted by Crippen LogP contribution is -2.07. The quantitative estimate of drug-likeness (QED) is 0.127. The summed E-state index contributed by atoms with van der Waals surface area (Å²) in [6.07, 6.45) is -9.10. The van der Waals surface area contributed by atoms with Gasteiger partial charge in [0.15, 0.2) is 0 Å². The van der Waals surface area contributed by atoms with E-state index in [1.807, 2.05) is 36.4 Å². The smallest absolute Gasteiger partial charge is 0.166 e. The Morgan fingerprint density at radius 3 is 1.22 bits per heavy atom. The molecular formula is C42H22F6S. The van der Waals surface area contributed by atoms with E-state index in [2.05, 4.69) is 0 Å². The third kappa shape index (κ3) is 4.45. The summed E-state index contributed by atoms with van der Waals surface area (Å²) >= 11 is 1.53. The third-order valence-corrected chi connectivity index (χ3v) is 10.7. The number of halogens is 6. The minimum Gasteiger partial charge on any atom is -0.166 e. The second-order valence-corrected chi connectivity index (χ2v) is 13.2. The molecule has 0 aliphatic heterocycles. The molecule has 9 aromatic rings. The van der Waals surface area contributed by atoms with Crippen LogP contribution in [0.15, 0.2) is 133 Å². The average Bonchev–Trinajstić information content (AvgIpc) is 3.46. The molecule has 0 N–H and O–H groups in total. The number of hydrogen-bond donors (Lipinski definition) is 0. The molecule has 0 nitrogen and oxygen atoms in total. The topological polar surface area (TPSA) is 0 Å². The predicted octanol–water partition coefficient (Wildman–Crippen LogP) is 14.0. The van der Waals surface area contributed by atoms with Gasteiger partial charge in [0.1, 0.15) is 0 Å². The number of hydrogen-bond acceptors (Lipinski definition) is 1. The molecule has 0 fully saturated rings. The van der Waals surface area contributed by atoms with Crippen molar-refractivity contribution in [3.63, 3.8) is 0 Å². The first kappa shape index (κ1) is 29.7. The van der Waals surface area contributed by atoms with Gasteiger partial charge in [-0.1, -0.05) is 127 Å². The molecule has 0 unspecified atom stereocenters. The summed E-state index contributed by atoms with van der Waals surface area (Å²) in [5.41, 5.74) is 1.77. The second-order valence-electron chi connectivity index (χ2n) is 12.2. The van der Waals surface area contributed by atoms with Crippen molar-refractivity contribution in [3.8, 4) is 22.3 Å². The van der Waals surface area contributed by atoms with Crippen molar-refractivity contribution in [1.29, 1.82) is 0 Å². The van der Waals surface area contributed by atoms with E-state index in [9.17, 15) is 26.3 Å². The van der Waals surface area contributed by atoms with Gasteiger partial charge in [0.05, 0.1) is 11.1 Å². The molecule has 0 aliphatic rings. The summed E-state index contributed by atoms with van der Waals surface area (Å²) in [5.74, 6) is 0. The molecule has 7 heteroatoms. The molecule has 49 heavy (non-hydrogen) atoms. The van der Waals surface area contributed by atoms with Gasteiger partial charge >= 0.3 is 12.4 Å². The highest BCUT2D eigenvalue weighted by atomic mass is 32.1. The van der Waals surface area contributed by atoms with E-state index in [1.165, 1.54) is 35.6 Å². The van der Waals surface area contributed by atoms with Crippen LogP contribution >= 0.6 is 11.3 Å². The zero-order valence-corrected chi connectivity index (χ0v) is 26.2. The number of benzene rings is 8. The van der Waals surface area contributed by atoms with E-state index >= 15 is 0 Å². The molecule has 1 heterocycles. The van der Waals surface area contributed by atoms with Gasteiger partial charge in [-0.2, -0.15) is 26.3 Å². The summed E-state index contributed by atoms with van der Waals surface area (Å²) in [5, 5.41) is 4.55. The van der Waals surface area contributed by atoms with Crippen LogP contribution in [0, 0.1) is 0 Å². The Hall–Kier alpha value is -5.40. The first-order chi connectivity index (χ1) is 23.6. The van der Waals surface area contributed by atoms with Gasteiger partial charge in [-0.05, 0) is 65.8 Å². The van der Waals surface area contributed by atoms with Crippen LogP contribution in [-0.4, -0.2) is 0 Å². The van der Waals surface area contributed by atoms with E-state index < -0.39 is 23.5 Å². The monoisotopic (exact) mass is 672 g/mol. The van der Waals surface area contributed by atoms with Gasteiger partial charge in [0.2, 0.25) is 0 Å². The van der Waals surface area contributed by atoms with Crippen molar-refractivity contribution < 1.29 is 26.3 Å². The summed E-state index contributed by atoms with van der Waals surface area (Å²) in [6.45, 7) is 0. The lowest BCUT2D eigenvalue weighted by Gasteiger charge is -2.19. The van der Waals surface area contributed by atoms with Crippen LogP contribution < -0.4 is 0 Å². The summed E-state index contributed by atoms with van der Waals surface area (Å²) in [4.78, 5) is 0. The number of rotatable bonds is 2. The molecular weight excluding hydrogens is 651 g/mol. The first-order valence-electron chi connectivity index (χ1n) is 15.6. The van der Waals surface area contributed by atoms with Gasteiger partial charge in [0, 0.05) is 25.7 Å². The molecule has 0 bridgehead atoms.